The van der Waals surface area contributed by atoms with Crippen molar-refractivity contribution in [2.45, 2.75) is 32.0 Å². The molecule has 94 valence electrons. The van der Waals surface area contributed by atoms with E-state index in [2.05, 4.69) is 0 Å². The average molecular weight is 236 g/mol. The van der Waals surface area contributed by atoms with Crippen LogP contribution in [0.3, 0.4) is 0 Å². The Bertz CT molecular complexity index is 360. The molecule has 0 aliphatic heterocycles. The van der Waals surface area contributed by atoms with Gasteiger partial charge in [0.15, 0.2) is 0 Å². The zero-order chi connectivity index (χ0) is 12.3. The van der Waals surface area contributed by atoms with Crippen LogP contribution in [0.1, 0.15) is 31.4 Å². The van der Waals surface area contributed by atoms with Crippen LogP contribution in [0.4, 0.5) is 0 Å². The third kappa shape index (κ3) is 3.45. The summed E-state index contributed by atoms with van der Waals surface area (Å²) in [5.74, 6) is 0.935. The first-order chi connectivity index (χ1) is 8.20. The molecule has 2 atom stereocenters. The van der Waals surface area contributed by atoms with E-state index in [9.17, 15) is 5.11 Å². The molecule has 0 amide bonds. The molecule has 3 nitrogen and oxygen atoms in total. The van der Waals surface area contributed by atoms with Crippen molar-refractivity contribution in [3.05, 3.63) is 29.8 Å². The van der Waals surface area contributed by atoms with Gasteiger partial charge in [-0.2, -0.15) is 0 Å². The van der Waals surface area contributed by atoms with Crippen LogP contribution >= 0.6 is 0 Å². The Morgan fingerprint density at radius 1 is 1.41 bits per heavy atom. The Morgan fingerprint density at radius 2 is 2.18 bits per heavy atom. The van der Waals surface area contributed by atoms with Gasteiger partial charge < -0.3 is 14.6 Å². The molecule has 1 aliphatic rings. The summed E-state index contributed by atoms with van der Waals surface area (Å²) in [5.41, 5.74) is 0.896. The van der Waals surface area contributed by atoms with Crippen LogP contribution < -0.4 is 4.74 Å². The van der Waals surface area contributed by atoms with Crippen molar-refractivity contribution in [2.75, 3.05) is 13.7 Å². The van der Waals surface area contributed by atoms with Gasteiger partial charge in [0, 0.05) is 13.0 Å². The van der Waals surface area contributed by atoms with Gasteiger partial charge >= 0.3 is 0 Å². The van der Waals surface area contributed by atoms with E-state index in [1.807, 2.05) is 31.2 Å². The van der Waals surface area contributed by atoms with Crippen LogP contribution in [0.25, 0.3) is 0 Å². The van der Waals surface area contributed by atoms with Crippen molar-refractivity contribution in [2.24, 2.45) is 5.92 Å². The number of rotatable bonds is 6. The minimum Gasteiger partial charge on any atom is -0.490 e. The Kier molecular flexibility index (Phi) is 4.02. The van der Waals surface area contributed by atoms with Gasteiger partial charge in [0.1, 0.15) is 5.75 Å². The largest absolute Gasteiger partial charge is 0.490 e. The van der Waals surface area contributed by atoms with E-state index < -0.39 is 6.10 Å². The van der Waals surface area contributed by atoms with Gasteiger partial charge in [-0.3, -0.25) is 0 Å². The van der Waals surface area contributed by atoms with Gasteiger partial charge in [0.25, 0.3) is 0 Å². The normalized spacial score (nSPS) is 18.8. The van der Waals surface area contributed by atoms with E-state index in [1.54, 1.807) is 7.11 Å². The van der Waals surface area contributed by atoms with Crippen LogP contribution in [-0.4, -0.2) is 24.9 Å². The maximum absolute atomic E-state index is 10.2. The van der Waals surface area contributed by atoms with Gasteiger partial charge in [-0.15, -0.1) is 0 Å². The standard InChI is InChI=1S/C14H20O3/c1-10(9-16-2)14(15)11-4-3-5-13(8-11)17-12-6-7-12/h3-5,8,10,12,14-15H,6-7,9H2,1-2H3. The van der Waals surface area contributed by atoms with Crippen LogP contribution in [0.15, 0.2) is 24.3 Å². The first-order valence-electron chi connectivity index (χ1n) is 6.14. The van der Waals surface area contributed by atoms with E-state index in [0.29, 0.717) is 12.7 Å². The molecule has 17 heavy (non-hydrogen) atoms. The number of aliphatic hydroxyl groups is 1. The number of aliphatic hydroxyl groups excluding tert-OH is 1. The second-order valence-electron chi connectivity index (χ2n) is 4.77. The van der Waals surface area contributed by atoms with Crippen molar-refractivity contribution in [3.63, 3.8) is 0 Å². The van der Waals surface area contributed by atoms with Gasteiger partial charge in [-0.25, -0.2) is 0 Å². The van der Waals surface area contributed by atoms with Gasteiger partial charge in [0.05, 0.1) is 18.8 Å². The molecule has 3 heteroatoms. The Morgan fingerprint density at radius 3 is 2.82 bits per heavy atom. The molecule has 1 saturated carbocycles. The molecular formula is C14H20O3. The van der Waals surface area contributed by atoms with Crippen molar-refractivity contribution < 1.29 is 14.6 Å². The summed E-state index contributed by atoms with van der Waals surface area (Å²) >= 11 is 0. The molecule has 0 bridgehead atoms. The summed E-state index contributed by atoms with van der Waals surface area (Å²) in [6, 6.07) is 7.72. The molecule has 0 spiro atoms. The van der Waals surface area contributed by atoms with Crippen LogP contribution in [0, 0.1) is 5.92 Å². The van der Waals surface area contributed by atoms with E-state index in [1.165, 1.54) is 0 Å². The number of benzene rings is 1. The molecule has 0 aromatic heterocycles. The SMILES string of the molecule is COCC(C)C(O)c1cccc(OC2CC2)c1. The summed E-state index contributed by atoms with van der Waals surface area (Å²) in [7, 11) is 1.65. The molecular weight excluding hydrogens is 216 g/mol. The quantitative estimate of drug-likeness (QED) is 0.825. The van der Waals surface area contributed by atoms with E-state index in [4.69, 9.17) is 9.47 Å². The highest BCUT2D eigenvalue weighted by Gasteiger charge is 2.24. The third-order valence-corrected chi connectivity index (χ3v) is 3.00. The maximum atomic E-state index is 10.2. The summed E-state index contributed by atoms with van der Waals surface area (Å²) in [4.78, 5) is 0. The fraction of sp³-hybridized carbons (Fsp3) is 0.571. The number of hydrogen-bond acceptors (Lipinski definition) is 3. The van der Waals surface area contributed by atoms with E-state index >= 15 is 0 Å². The summed E-state index contributed by atoms with van der Waals surface area (Å²) < 4.78 is 10.8. The summed E-state index contributed by atoms with van der Waals surface area (Å²) in [6.45, 7) is 2.53. The van der Waals surface area contributed by atoms with Gasteiger partial charge in [0.2, 0.25) is 0 Å². The molecule has 1 aliphatic carbocycles. The average Bonchev–Trinajstić information content (AvgIpc) is 3.12. The van der Waals surface area contributed by atoms with Gasteiger partial charge in [-0.05, 0) is 30.5 Å². The van der Waals surface area contributed by atoms with Crippen molar-refractivity contribution in [3.8, 4) is 5.75 Å². The molecule has 0 radical (unpaired) electrons. The maximum Gasteiger partial charge on any atom is 0.120 e. The first kappa shape index (κ1) is 12.4. The molecule has 0 heterocycles. The predicted octanol–water partition coefficient (Wildman–Crippen LogP) is 2.54. The monoisotopic (exact) mass is 236 g/mol. The molecule has 2 unspecified atom stereocenters. The van der Waals surface area contributed by atoms with Crippen LogP contribution in [0.2, 0.25) is 0 Å². The lowest BCUT2D eigenvalue weighted by Gasteiger charge is -2.19. The smallest absolute Gasteiger partial charge is 0.120 e. The zero-order valence-corrected chi connectivity index (χ0v) is 10.4. The second-order valence-corrected chi connectivity index (χ2v) is 4.77. The number of hydrogen-bond donors (Lipinski definition) is 1. The van der Waals surface area contributed by atoms with Crippen LogP contribution in [0.5, 0.6) is 5.75 Å². The highest BCUT2D eigenvalue weighted by atomic mass is 16.5. The molecule has 1 N–H and O–H groups in total. The number of ether oxygens (including phenoxy) is 2. The lowest BCUT2D eigenvalue weighted by molar-refractivity contribution is 0.0565. The molecule has 1 aromatic carbocycles. The second kappa shape index (κ2) is 5.52. The zero-order valence-electron chi connectivity index (χ0n) is 10.4. The third-order valence-electron chi connectivity index (χ3n) is 3.00. The predicted molar refractivity (Wildman–Crippen MR) is 66.1 cm³/mol. The minimum atomic E-state index is -0.502. The fourth-order valence-electron chi connectivity index (χ4n) is 1.83. The van der Waals surface area contributed by atoms with Crippen molar-refractivity contribution >= 4 is 0 Å². The number of methoxy groups -OCH3 is 1. The lowest BCUT2D eigenvalue weighted by atomic mass is 9.98. The lowest BCUT2D eigenvalue weighted by Crippen LogP contribution is -2.14. The Balaban J connectivity index is 2.03. The highest BCUT2D eigenvalue weighted by molar-refractivity contribution is 5.30. The highest BCUT2D eigenvalue weighted by Crippen LogP contribution is 2.30. The van der Waals surface area contributed by atoms with E-state index in [0.717, 1.165) is 24.2 Å². The van der Waals surface area contributed by atoms with E-state index in [-0.39, 0.29) is 5.92 Å². The topological polar surface area (TPSA) is 38.7 Å². The Labute approximate surface area is 102 Å². The molecule has 1 fully saturated rings. The fourth-order valence-corrected chi connectivity index (χ4v) is 1.83. The Hall–Kier alpha value is -1.06. The van der Waals surface area contributed by atoms with Crippen molar-refractivity contribution in [1.29, 1.82) is 0 Å². The molecule has 2 rings (SSSR count). The van der Waals surface area contributed by atoms with Crippen LogP contribution in [-0.2, 0) is 4.74 Å². The minimum absolute atomic E-state index is 0.0798. The van der Waals surface area contributed by atoms with Crippen molar-refractivity contribution in [1.82, 2.24) is 0 Å². The summed E-state index contributed by atoms with van der Waals surface area (Å²) in [6.07, 6.45) is 2.18. The van der Waals surface area contributed by atoms with Gasteiger partial charge in [-0.1, -0.05) is 19.1 Å². The molecule has 0 saturated heterocycles. The molecule has 1 aromatic rings. The first-order valence-corrected chi connectivity index (χ1v) is 6.14. The summed E-state index contributed by atoms with van der Waals surface area (Å²) in [5, 5.41) is 10.2.